The fraction of sp³-hybridized carbons (Fsp3) is 1.00. The van der Waals surface area contributed by atoms with E-state index in [1.807, 2.05) is 0 Å². The summed E-state index contributed by atoms with van der Waals surface area (Å²) in [6, 6.07) is 1.15. The molecule has 104 valence electrons. The second-order valence-corrected chi connectivity index (χ2v) is 6.64. The van der Waals surface area contributed by atoms with Crippen LogP contribution in [0.25, 0.3) is 0 Å². The minimum Gasteiger partial charge on any atom is -0.375 e. The monoisotopic (exact) mass is 252 g/mol. The normalized spacial score (nSPS) is 37.8. The lowest BCUT2D eigenvalue weighted by atomic mass is 9.77. The van der Waals surface area contributed by atoms with E-state index in [4.69, 9.17) is 10.5 Å². The van der Waals surface area contributed by atoms with Crippen molar-refractivity contribution in [1.82, 2.24) is 4.90 Å². The Balaban J connectivity index is 1.62. The molecule has 3 fully saturated rings. The van der Waals surface area contributed by atoms with Gasteiger partial charge in [-0.3, -0.25) is 4.90 Å². The maximum Gasteiger partial charge on any atom is 0.0697 e. The van der Waals surface area contributed by atoms with E-state index in [0.717, 1.165) is 19.2 Å². The van der Waals surface area contributed by atoms with E-state index in [2.05, 4.69) is 4.90 Å². The maximum atomic E-state index is 6.20. The number of nitrogens with zero attached hydrogens (tertiary/aromatic N) is 1. The van der Waals surface area contributed by atoms with Crippen LogP contribution in [0.2, 0.25) is 0 Å². The SMILES string of the molecule is NC1CCCN(C2CCOC3(CCCCC3)C2)C1. The van der Waals surface area contributed by atoms with Gasteiger partial charge in [-0.05, 0) is 45.1 Å². The quantitative estimate of drug-likeness (QED) is 0.778. The molecule has 0 aromatic heterocycles. The molecule has 1 saturated carbocycles. The number of hydrogen-bond acceptors (Lipinski definition) is 3. The molecule has 18 heavy (non-hydrogen) atoms. The topological polar surface area (TPSA) is 38.5 Å². The van der Waals surface area contributed by atoms with Gasteiger partial charge in [-0.25, -0.2) is 0 Å². The first kappa shape index (κ1) is 12.9. The summed E-state index contributed by atoms with van der Waals surface area (Å²) >= 11 is 0. The second-order valence-electron chi connectivity index (χ2n) is 6.64. The fourth-order valence-electron chi connectivity index (χ4n) is 4.23. The minimum absolute atomic E-state index is 0.239. The second kappa shape index (κ2) is 5.48. The van der Waals surface area contributed by atoms with E-state index < -0.39 is 0 Å². The smallest absolute Gasteiger partial charge is 0.0697 e. The molecule has 2 aliphatic heterocycles. The van der Waals surface area contributed by atoms with Gasteiger partial charge in [-0.2, -0.15) is 0 Å². The summed E-state index contributed by atoms with van der Waals surface area (Å²) in [4.78, 5) is 2.66. The van der Waals surface area contributed by atoms with Gasteiger partial charge in [0.1, 0.15) is 0 Å². The van der Waals surface area contributed by atoms with Gasteiger partial charge in [0.05, 0.1) is 5.60 Å². The number of hydrogen-bond donors (Lipinski definition) is 1. The molecule has 3 nitrogen and oxygen atoms in total. The van der Waals surface area contributed by atoms with E-state index in [1.165, 1.54) is 64.3 Å². The third kappa shape index (κ3) is 2.73. The number of ether oxygens (including phenoxy) is 1. The standard InChI is InChI=1S/C15H28N2O/c16-13-5-4-9-17(12-13)14-6-10-18-15(11-14)7-2-1-3-8-15/h13-14H,1-12,16H2. The molecule has 2 heterocycles. The van der Waals surface area contributed by atoms with Crippen LogP contribution in [0.4, 0.5) is 0 Å². The first-order valence-electron chi connectivity index (χ1n) is 7.91. The molecule has 2 saturated heterocycles. The molecule has 0 radical (unpaired) electrons. The molecule has 0 aromatic carbocycles. The van der Waals surface area contributed by atoms with Crippen LogP contribution in [-0.2, 0) is 4.74 Å². The molecule has 2 N–H and O–H groups in total. The summed E-state index contributed by atoms with van der Waals surface area (Å²) in [5.41, 5.74) is 6.37. The summed E-state index contributed by atoms with van der Waals surface area (Å²) in [6.45, 7) is 3.34. The van der Waals surface area contributed by atoms with Crippen LogP contribution in [0, 0.1) is 0 Å². The lowest BCUT2D eigenvalue weighted by Gasteiger charge is -2.48. The third-order valence-corrected chi connectivity index (χ3v) is 5.24. The molecule has 1 aliphatic carbocycles. The van der Waals surface area contributed by atoms with Crippen molar-refractivity contribution >= 4 is 0 Å². The number of likely N-dealkylation sites (tertiary alicyclic amines) is 1. The van der Waals surface area contributed by atoms with E-state index in [-0.39, 0.29) is 5.60 Å². The summed E-state index contributed by atoms with van der Waals surface area (Å²) in [6.07, 6.45) is 11.7. The summed E-state index contributed by atoms with van der Waals surface area (Å²) in [5.74, 6) is 0. The van der Waals surface area contributed by atoms with Crippen molar-refractivity contribution < 1.29 is 4.74 Å². The van der Waals surface area contributed by atoms with E-state index in [0.29, 0.717) is 6.04 Å². The van der Waals surface area contributed by atoms with Crippen molar-refractivity contribution in [2.75, 3.05) is 19.7 Å². The van der Waals surface area contributed by atoms with Crippen LogP contribution < -0.4 is 5.73 Å². The summed E-state index contributed by atoms with van der Waals surface area (Å²) in [7, 11) is 0. The zero-order valence-electron chi connectivity index (χ0n) is 11.6. The van der Waals surface area contributed by atoms with E-state index in [1.54, 1.807) is 0 Å². The van der Waals surface area contributed by atoms with Crippen molar-refractivity contribution in [3.63, 3.8) is 0 Å². The Bertz CT molecular complexity index is 270. The van der Waals surface area contributed by atoms with Gasteiger partial charge in [-0.15, -0.1) is 0 Å². The molecule has 3 aliphatic rings. The average molecular weight is 252 g/mol. The zero-order valence-corrected chi connectivity index (χ0v) is 11.6. The minimum atomic E-state index is 0.239. The van der Waals surface area contributed by atoms with Crippen LogP contribution in [0.5, 0.6) is 0 Å². The van der Waals surface area contributed by atoms with Gasteiger partial charge in [0.15, 0.2) is 0 Å². The predicted octanol–water partition coefficient (Wildman–Crippen LogP) is 2.29. The highest BCUT2D eigenvalue weighted by molar-refractivity contribution is 4.94. The molecule has 0 amide bonds. The van der Waals surface area contributed by atoms with Gasteiger partial charge in [0, 0.05) is 25.2 Å². The Hall–Kier alpha value is -0.120. The van der Waals surface area contributed by atoms with Crippen molar-refractivity contribution in [2.45, 2.75) is 75.5 Å². The first-order valence-corrected chi connectivity index (χ1v) is 7.91. The molecule has 3 rings (SSSR count). The molecule has 2 unspecified atom stereocenters. The molecular weight excluding hydrogens is 224 g/mol. The Labute approximate surface area is 111 Å². The Morgan fingerprint density at radius 2 is 1.89 bits per heavy atom. The highest BCUT2D eigenvalue weighted by Crippen LogP contribution is 2.40. The summed E-state index contributed by atoms with van der Waals surface area (Å²) < 4.78 is 6.20. The van der Waals surface area contributed by atoms with Crippen LogP contribution in [0.1, 0.15) is 57.8 Å². The molecule has 2 atom stereocenters. The Morgan fingerprint density at radius 1 is 1.06 bits per heavy atom. The van der Waals surface area contributed by atoms with Crippen LogP contribution in [0.3, 0.4) is 0 Å². The molecule has 0 aromatic rings. The van der Waals surface area contributed by atoms with Crippen LogP contribution in [0.15, 0.2) is 0 Å². The Morgan fingerprint density at radius 3 is 2.67 bits per heavy atom. The van der Waals surface area contributed by atoms with Crippen molar-refractivity contribution in [2.24, 2.45) is 5.73 Å². The largest absolute Gasteiger partial charge is 0.375 e. The number of rotatable bonds is 1. The van der Waals surface area contributed by atoms with Crippen molar-refractivity contribution in [1.29, 1.82) is 0 Å². The van der Waals surface area contributed by atoms with Gasteiger partial charge in [0.2, 0.25) is 0 Å². The van der Waals surface area contributed by atoms with Crippen molar-refractivity contribution in [3.8, 4) is 0 Å². The predicted molar refractivity (Wildman–Crippen MR) is 73.6 cm³/mol. The Kier molecular flexibility index (Phi) is 3.92. The van der Waals surface area contributed by atoms with Crippen LogP contribution in [-0.4, -0.2) is 42.3 Å². The first-order chi connectivity index (χ1) is 8.77. The fourth-order valence-corrected chi connectivity index (χ4v) is 4.23. The highest BCUT2D eigenvalue weighted by atomic mass is 16.5. The van der Waals surface area contributed by atoms with Crippen molar-refractivity contribution in [3.05, 3.63) is 0 Å². The average Bonchev–Trinajstić information content (AvgIpc) is 2.40. The highest BCUT2D eigenvalue weighted by Gasteiger charge is 2.40. The number of piperidine rings is 1. The van der Waals surface area contributed by atoms with Gasteiger partial charge >= 0.3 is 0 Å². The molecule has 1 spiro atoms. The third-order valence-electron chi connectivity index (χ3n) is 5.24. The van der Waals surface area contributed by atoms with E-state index in [9.17, 15) is 0 Å². The van der Waals surface area contributed by atoms with Crippen LogP contribution >= 0.6 is 0 Å². The van der Waals surface area contributed by atoms with Gasteiger partial charge in [0.25, 0.3) is 0 Å². The van der Waals surface area contributed by atoms with Gasteiger partial charge in [-0.1, -0.05) is 19.3 Å². The lowest BCUT2D eigenvalue weighted by Crippen LogP contribution is -2.54. The molecule has 0 bridgehead atoms. The van der Waals surface area contributed by atoms with Gasteiger partial charge < -0.3 is 10.5 Å². The lowest BCUT2D eigenvalue weighted by molar-refractivity contribution is -0.126. The maximum absolute atomic E-state index is 6.20. The molecular formula is C15H28N2O. The zero-order chi connectivity index (χ0) is 12.4. The molecule has 3 heteroatoms. The number of nitrogens with two attached hydrogens (primary N) is 1. The summed E-state index contributed by atoms with van der Waals surface area (Å²) in [5, 5.41) is 0. The van der Waals surface area contributed by atoms with E-state index >= 15 is 0 Å².